The van der Waals surface area contributed by atoms with Gasteiger partial charge in [0, 0.05) is 31.5 Å². The maximum absolute atomic E-state index is 12.6. The van der Waals surface area contributed by atoms with E-state index in [1.165, 1.54) is 0 Å². The van der Waals surface area contributed by atoms with Crippen molar-refractivity contribution in [1.82, 2.24) is 14.6 Å². The van der Waals surface area contributed by atoms with Crippen molar-refractivity contribution in [3.8, 4) is 0 Å². The first kappa shape index (κ1) is 16.4. The Kier molecular flexibility index (Phi) is 6.14. The zero-order chi connectivity index (χ0) is 15.1. The molecular formula is C15H25N3O2S. The first-order valence-corrected chi connectivity index (χ1v) is 9.33. The zero-order valence-corrected chi connectivity index (χ0v) is 13.5. The highest BCUT2D eigenvalue weighted by Gasteiger charge is 2.25. The van der Waals surface area contributed by atoms with Crippen molar-refractivity contribution < 1.29 is 8.42 Å². The van der Waals surface area contributed by atoms with E-state index in [1.807, 2.05) is 19.1 Å². The van der Waals surface area contributed by atoms with Crippen molar-refractivity contribution in [3.05, 3.63) is 30.1 Å². The molecule has 1 unspecified atom stereocenters. The Labute approximate surface area is 127 Å². The van der Waals surface area contributed by atoms with E-state index in [0.29, 0.717) is 25.6 Å². The van der Waals surface area contributed by atoms with Gasteiger partial charge in [0.05, 0.1) is 5.75 Å². The van der Waals surface area contributed by atoms with Gasteiger partial charge in [0.2, 0.25) is 10.0 Å². The van der Waals surface area contributed by atoms with Crippen molar-refractivity contribution >= 4 is 10.0 Å². The molecule has 2 heterocycles. The SMILES string of the molecule is CCCN(CC1CCCN1)S(=O)(=O)CCc1ccncc1. The van der Waals surface area contributed by atoms with Gasteiger partial charge in [-0.25, -0.2) is 12.7 Å². The molecule has 5 nitrogen and oxygen atoms in total. The molecule has 1 aromatic heterocycles. The van der Waals surface area contributed by atoms with Crippen LogP contribution in [0.2, 0.25) is 0 Å². The highest BCUT2D eigenvalue weighted by Crippen LogP contribution is 2.12. The molecular weight excluding hydrogens is 286 g/mol. The number of hydrogen-bond donors (Lipinski definition) is 1. The summed E-state index contributed by atoms with van der Waals surface area (Å²) in [4.78, 5) is 3.95. The topological polar surface area (TPSA) is 62.3 Å². The van der Waals surface area contributed by atoms with Gasteiger partial charge in [0.1, 0.15) is 0 Å². The normalized spacial score (nSPS) is 19.2. The molecule has 0 aliphatic carbocycles. The molecule has 0 radical (unpaired) electrons. The molecule has 1 aliphatic heterocycles. The first-order valence-electron chi connectivity index (χ1n) is 7.72. The number of nitrogens with zero attached hydrogens (tertiary/aromatic N) is 2. The number of pyridine rings is 1. The van der Waals surface area contributed by atoms with Gasteiger partial charge in [-0.05, 0) is 49.9 Å². The lowest BCUT2D eigenvalue weighted by Crippen LogP contribution is -2.42. The summed E-state index contributed by atoms with van der Waals surface area (Å²) in [5.74, 6) is 0.170. The van der Waals surface area contributed by atoms with Crippen LogP contribution in [0, 0.1) is 0 Å². The standard InChI is InChI=1S/C15H25N3O2S/c1-2-11-18(13-15-4-3-8-17-15)21(19,20)12-7-14-5-9-16-10-6-14/h5-6,9-10,15,17H,2-4,7-8,11-13H2,1H3. The minimum Gasteiger partial charge on any atom is -0.313 e. The number of aromatic nitrogens is 1. The van der Waals surface area contributed by atoms with Crippen molar-refractivity contribution in [3.63, 3.8) is 0 Å². The third-order valence-corrected chi connectivity index (χ3v) is 5.69. The average molecular weight is 311 g/mol. The number of nitrogens with one attached hydrogen (secondary N) is 1. The summed E-state index contributed by atoms with van der Waals surface area (Å²) in [7, 11) is -3.20. The molecule has 1 atom stereocenters. The van der Waals surface area contributed by atoms with Crippen molar-refractivity contribution in [2.45, 2.75) is 38.6 Å². The Balaban J connectivity index is 1.95. The number of rotatable bonds is 8. The highest BCUT2D eigenvalue weighted by molar-refractivity contribution is 7.89. The summed E-state index contributed by atoms with van der Waals surface area (Å²) in [5.41, 5.74) is 1.02. The summed E-state index contributed by atoms with van der Waals surface area (Å²) in [6.45, 7) is 4.23. The van der Waals surface area contributed by atoms with E-state index in [1.54, 1.807) is 16.7 Å². The Morgan fingerprint density at radius 3 is 2.76 bits per heavy atom. The van der Waals surface area contributed by atoms with Gasteiger partial charge in [-0.2, -0.15) is 0 Å². The lowest BCUT2D eigenvalue weighted by atomic mass is 10.2. The van der Waals surface area contributed by atoms with E-state index in [4.69, 9.17) is 0 Å². The van der Waals surface area contributed by atoms with Gasteiger partial charge in [-0.1, -0.05) is 6.92 Å². The molecule has 0 saturated carbocycles. The fourth-order valence-electron chi connectivity index (χ4n) is 2.68. The molecule has 1 fully saturated rings. The van der Waals surface area contributed by atoms with Crippen molar-refractivity contribution in [2.24, 2.45) is 0 Å². The number of aryl methyl sites for hydroxylation is 1. The van der Waals surface area contributed by atoms with Crippen LogP contribution in [0.15, 0.2) is 24.5 Å². The molecule has 1 aromatic rings. The minimum absolute atomic E-state index is 0.170. The van der Waals surface area contributed by atoms with Gasteiger partial charge in [0.15, 0.2) is 0 Å². The monoisotopic (exact) mass is 311 g/mol. The lowest BCUT2D eigenvalue weighted by Gasteiger charge is -2.24. The van der Waals surface area contributed by atoms with Crippen LogP contribution in [-0.4, -0.2) is 49.1 Å². The fraction of sp³-hybridized carbons (Fsp3) is 0.667. The van der Waals surface area contributed by atoms with Crippen molar-refractivity contribution in [1.29, 1.82) is 0 Å². The molecule has 0 bridgehead atoms. The molecule has 0 spiro atoms. The highest BCUT2D eigenvalue weighted by atomic mass is 32.2. The predicted molar refractivity (Wildman–Crippen MR) is 84.6 cm³/mol. The van der Waals surface area contributed by atoms with Gasteiger partial charge >= 0.3 is 0 Å². The van der Waals surface area contributed by atoms with Crippen LogP contribution in [0.1, 0.15) is 31.7 Å². The Bertz CT molecular complexity index is 513. The van der Waals surface area contributed by atoms with Crippen LogP contribution >= 0.6 is 0 Å². The van der Waals surface area contributed by atoms with E-state index in [2.05, 4.69) is 10.3 Å². The summed E-state index contributed by atoms with van der Waals surface area (Å²) >= 11 is 0. The first-order chi connectivity index (χ1) is 10.1. The van der Waals surface area contributed by atoms with Crippen LogP contribution in [-0.2, 0) is 16.4 Å². The maximum Gasteiger partial charge on any atom is 0.214 e. The van der Waals surface area contributed by atoms with E-state index in [9.17, 15) is 8.42 Å². The predicted octanol–water partition coefficient (Wildman–Crippen LogP) is 1.42. The van der Waals surface area contributed by atoms with Gasteiger partial charge in [-0.15, -0.1) is 0 Å². The Morgan fingerprint density at radius 2 is 2.14 bits per heavy atom. The number of sulfonamides is 1. The van der Waals surface area contributed by atoms with E-state index in [-0.39, 0.29) is 5.75 Å². The van der Waals surface area contributed by atoms with Crippen LogP contribution in [0.25, 0.3) is 0 Å². The summed E-state index contributed by atoms with van der Waals surface area (Å²) in [6.07, 6.45) is 7.01. The molecule has 0 amide bonds. The summed E-state index contributed by atoms with van der Waals surface area (Å²) < 4.78 is 26.8. The third-order valence-electron chi connectivity index (χ3n) is 3.85. The van der Waals surface area contributed by atoms with Crippen LogP contribution in [0.4, 0.5) is 0 Å². The second-order valence-electron chi connectivity index (χ2n) is 5.57. The quantitative estimate of drug-likeness (QED) is 0.789. The second kappa shape index (κ2) is 7.87. The summed E-state index contributed by atoms with van der Waals surface area (Å²) in [6, 6.07) is 4.06. The van der Waals surface area contributed by atoms with Gasteiger partial charge < -0.3 is 5.32 Å². The molecule has 6 heteroatoms. The molecule has 2 rings (SSSR count). The number of hydrogen-bond acceptors (Lipinski definition) is 4. The fourth-order valence-corrected chi connectivity index (χ4v) is 4.30. The van der Waals surface area contributed by atoms with E-state index >= 15 is 0 Å². The van der Waals surface area contributed by atoms with Gasteiger partial charge in [0.25, 0.3) is 0 Å². The van der Waals surface area contributed by atoms with Crippen molar-refractivity contribution in [2.75, 3.05) is 25.4 Å². The lowest BCUT2D eigenvalue weighted by molar-refractivity contribution is 0.369. The summed E-state index contributed by atoms with van der Waals surface area (Å²) in [5, 5.41) is 3.38. The Hall–Kier alpha value is -0.980. The smallest absolute Gasteiger partial charge is 0.214 e. The molecule has 1 aliphatic rings. The maximum atomic E-state index is 12.6. The largest absolute Gasteiger partial charge is 0.313 e. The zero-order valence-electron chi connectivity index (χ0n) is 12.7. The molecule has 1 saturated heterocycles. The second-order valence-corrected chi connectivity index (χ2v) is 7.66. The van der Waals surface area contributed by atoms with Crippen LogP contribution in [0.5, 0.6) is 0 Å². The minimum atomic E-state index is -3.20. The van der Waals surface area contributed by atoms with E-state index < -0.39 is 10.0 Å². The van der Waals surface area contributed by atoms with Crippen LogP contribution < -0.4 is 5.32 Å². The van der Waals surface area contributed by atoms with E-state index in [0.717, 1.165) is 31.4 Å². The van der Waals surface area contributed by atoms with Gasteiger partial charge in [-0.3, -0.25) is 4.98 Å². The molecule has 21 heavy (non-hydrogen) atoms. The van der Waals surface area contributed by atoms with Crippen LogP contribution in [0.3, 0.4) is 0 Å². The average Bonchev–Trinajstić information content (AvgIpc) is 2.99. The molecule has 118 valence electrons. The molecule has 1 N–H and O–H groups in total. The third kappa shape index (κ3) is 5.05. The molecule has 0 aromatic carbocycles. The Morgan fingerprint density at radius 1 is 1.38 bits per heavy atom.